The molecule has 10 heteroatoms. The molecule has 2 aliphatic heterocycles. The van der Waals surface area contributed by atoms with Crippen molar-refractivity contribution in [2.75, 3.05) is 19.4 Å². The summed E-state index contributed by atoms with van der Waals surface area (Å²) in [7, 11) is 1.55. The monoisotopic (exact) mass is 385 g/mol. The minimum atomic E-state index is -1.33. The van der Waals surface area contributed by atoms with Crippen molar-refractivity contribution < 1.29 is 29.0 Å². The SMILES string of the molecule is CCCCC(=O)N[C@@]1(NC)C(=O)N2C(C(=O)O)=C(COC(C)=O)CS[C@@H]21. The average Bonchev–Trinajstić information content (AvgIpc) is 2.61. The van der Waals surface area contributed by atoms with E-state index in [0.29, 0.717) is 18.4 Å². The van der Waals surface area contributed by atoms with Crippen LogP contribution in [0.25, 0.3) is 0 Å². The zero-order valence-corrected chi connectivity index (χ0v) is 15.8. The van der Waals surface area contributed by atoms with E-state index in [0.717, 1.165) is 11.3 Å². The van der Waals surface area contributed by atoms with E-state index < -0.39 is 28.9 Å². The lowest BCUT2D eigenvalue weighted by Gasteiger charge is -2.56. The number of rotatable bonds is 8. The third-order valence-electron chi connectivity index (χ3n) is 4.29. The fourth-order valence-corrected chi connectivity index (χ4v) is 4.40. The lowest BCUT2D eigenvalue weighted by atomic mass is 9.94. The summed E-state index contributed by atoms with van der Waals surface area (Å²) >= 11 is 1.31. The number of esters is 1. The Kier molecular flexibility index (Phi) is 6.30. The Morgan fingerprint density at radius 1 is 1.42 bits per heavy atom. The van der Waals surface area contributed by atoms with Crippen LogP contribution in [0.15, 0.2) is 11.3 Å². The molecule has 144 valence electrons. The average molecular weight is 385 g/mol. The van der Waals surface area contributed by atoms with Crippen LogP contribution in [0.5, 0.6) is 0 Å². The number of aliphatic carboxylic acids is 1. The van der Waals surface area contributed by atoms with Crippen LogP contribution in [-0.4, -0.2) is 64.2 Å². The summed E-state index contributed by atoms with van der Waals surface area (Å²) in [5.74, 6) is -2.33. The predicted octanol–water partition coefficient (Wildman–Crippen LogP) is 0.0254. The molecule has 1 saturated heterocycles. The number of thioether (sulfide) groups is 1. The molecule has 0 unspecified atom stereocenters. The minimum Gasteiger partial charge on any atom is -0.477 e. The van der Waals surface area contributed by atoms with Gasteiger partial charge in [-0.05, 0) is 13.5 Å². The first-order valence-electron chi connectivity index (χ1n) is 8.32. The second kappa shape index (κ2) is 8.09. The predicted molar refractivity (Wildman–Crippen MR) is 93.8 cm³/mol. The van der Waals surface area contributed by atoms with Gasteiger partial charge in [0.15, 0.2) is 0 Å². The van der Waals surface area contributed by atoms with Crippen LogP contribution >= 0.6 is 11.8 Å². The summed E-state index contributed by atoms with van der Waals surface area (Å²) < 4.78 is 4.90. The maximum absolute atomic E-state index is 12.8. The van der Waals surface area contributed by atoms with E-state index >= 15 is 0 Å². The molecule has 0 radical (unpaired) electrons. The van der Waals surface area contributed by atoms with Gasteiger partial charge in [-0.25, -0.2) is 4.79 Å². The van der Waals surface area contributed by atoms with Crippen molar-refractivity contribution in [2.24, 2.45) is 0 Å². The number of β-lactam (4-membered cyclic amide) rings is 1. The maximum atomic E-state index is 12.8. The van der Waals surface area contributed by atoms with Crippen LogP contribution < -0.4 is 10.6 Å². The molecule has 3 N–H and O–H groups in total. The molecule has 0 aromatic rings. The zero-order valence-electron chi connectivity index (χ0n) is 15.0. The van der Waals surface area contributed by atoms with Crippen molar-refractivity contribution in [3.63, 3.8) is 0 Å². The first-order chi connectivity index (χ1) is 12.3. The zero-order chi connectivity index (χ0) is 19.5. The van der Waals surface area contributed by atoms with Crippen molar-refractivity contribution in [3.8, 4) is 0 Å². The molecule has 2 rings (SSSR count). The fourth-order valence-electron chi connectivity index (χ4n) is 2.95. The molecule has 0 aliphatic carbocycles. The number of ether oxygens (including phenoxy) is 1. The number of unbranched alkanes of at least 4 members (excludes halogenated alkanes) is 1. The number of hydrogen-bond donors (Lipinski definition) is 3. The molecule has 26 heavy (non-hydrogen) atoms. The highest BCUT2D eigenvalue weighted by Crippen LogP contribution is 2.44. The van der Waals surface area contributed by atoms with Gasteiger partial charge in [-0.3, -0.25) is 24.6 Å². The van der Waals surface area contributed by atoms with E-state index in [-0.39, 0.29) is 24.0 Å². The fraction of sp³-hybridized carbons (Fsp3) is 0.625. The van der Waals surface area contributed by atoms with Crippen molar-refractivity contribution in [1.29, 1.82) is 0 Å². The molecule has 2 aliphatic rings. The quantitative estimate of drug-likeness (QED) is 0.303. The molecule has 0 bridgehead atoms. The first kappa shape index (κ1) is 20.2. The standard InChI is InChI=1S/C16H23N3O6S/c1-4-5-6-11(21)18-16(17-3)14(24)19-12(13(22)23)10(7-25-9(2)20)8-26-15(16)19/h15,17H,4-8H2,1-3H3,(H,18,21)(H,22,23)/t15-,16+/m1/s1. The van der Waals surface area contributed by atoms with Gasteiger partial charge in [-0.2, -0.15) is 0 Å². The van der Waals surface area contributed by atoms with Gasteiger partial charge in [0, 0.05) is 24.7 Å². The lowest BCUT2D eigenvalue weighted by molar-refractivity contribution is -0.161. The molecule has 9 nitrogen and oxygen atoms in total. The molecule has 0 aromatic heterocycles. The largest absolute Gasteiger partial charge is 0.477 e. The number of fused-ring (bicyclic) bond motifs is 1. The van der Waals surface area contributed by atoms with Crippen molar-refractivity contribution in [2.45, 2.75) is 44.1 Å². The van der Waals surface area contributed by atoms with Gasteiger partial charge in [-0.1, -0.05) is 13.3 Å². The number of carboxylic acids is 1. The molecule has 2 atom stereocenters. The number of carboxylic acid groups (broad SMARTS) is 1. The normalized spacial score (nSPS) is 24.7. The summed E-state index contributed by atoms with van der Waals surface area (Å²) in [5, 5.41) is 14.5. The molecule has 2 heterocycles. The summed E-state index contributed by atoms with van der Waals surface area (Å²) in [5.41, 5.74) is -1.17. The molecule has 0 saturated carbocycles. The van der Waals surface area contributed by atoms with Crippen LogP contribution in [0.3, 0.4) is 0 Å². The minimum absolute atomic E-state index is 0.185. The van der Waals surface area contributed by atoms with E-state index in [1.165, 1.54) is 18.7 Å². The van der Waals surface area contributed by atoms with Gasteiger partial charge >= 0.3 is 11.9 Å². The number of nitrogens with one attached hydrogen (secondary N) is 2. The van der Waals surface area contributed by atoms with E-state index in [9.17, 15) is 24.3 Å². The van der Waals surface area contributed by atoms with Gasteiger partial charge in [0.1, 0.15) is 17.7 Å². The third-order valence-corrected chi connectivity index (χ3v) is 5.69. The molecule has 1 fully saturated rings. The highest BCUT2D eigenvalue weighted by molar-refractivity contribution is 8.00. The van der Waals surface area contributed by atoms with Gasteiger partial charge in [-0.15, -0.1) is 11.8 Å². The van der Waals surface area contributed by atoms with Gasteiger partial charge in [0.2, 0.25) is 11.6 Å². The van der Waals surface area contributed by atoms with Crippen LogP contribution in [0.1, 0.15) is 33.1 Å². The van der Waals surface area contributed by atoms with E-state index in [4.69, 9.17) is 4.74 Å². The van der Waals surface area contributed by atoms with E-state index in [1.807, 2.05) is 6.92 Å². The van der Waals surface area contributed by atoms with Crippen LogP contribution in [0.4, 0.5) is 0 Å². The second-order valence-electron chi connectivity index (χ2n) is 6.09. The second-order valence-corrected chi connectivity index (χ2v) is 7.15. The summed E-state index contributed by atoms with van der Waals surface area (Å²) in [6.45, 7) is 3.01. The maximum Gasteiger partial charge on any atom is 0.352 e. The number of amides is 2. The number of nitrogens with zero attached hydrogens (tertiary/aromatic N) is 1. The number of carbonyl (C=O) groups is 4. The Balaban J connectivity index is 2.25. The van der Waals surface area contributed by atoms with Crippen molar-refractivity contribution in [3.05, 3.63) is 11.3 Å². The molecular formula is C16H23N3O6S. The van der Waals surface area contributed by atoms with Gasteiger partial charge in [0.25, 0.3) is 5.91 Å². The Morgan fingerprint density at radius 3 is 2.65 bits per heavy atom. The van der Waals surface area contributed by atoms with Crippen molar-refractivity contribution in [1.82, 2.24) is 15.5 Å². The molecule has 0 spiro atoms. The smallest absolute Gasteiger partial charge is 0.352 e. The Bertz CT molecular complexity index is 664. The summed E-state index contributed by atoms with van der Waals surface area (Å²) in [6, 6.07) is 0. The van der Waals surface area contributed by atoms with Gasteiger partial charge < -0.3 is 15.2 Å². The summed E-state index contributed by atoms with van der Waals surface area (Å²) in [4.78, 5) is 48.8. The highest BCUT2D eigenvalue weighted by Gasteiger charge is 2.65. The van der Waals surface area contributed by atoms with E-state index in [1.54, 1.807) is 7.05 Å². The van der Waals surface area contributed by atoms with Crippen LogP contribution in [0.2, 0.25) is 0 Å². The van der Waals surface area contributed by atoms with Crippen LogP contribution in [-0.2, 0) is 23.9 Å². The van der Waals surface area contributed by atoms with Gasteiger partial charge in [0.05, 0.1) is 0 Å². The molecular weight excluding hydrogens is 362 g/mol. The van der Waals surface area contributed by atoms with Crippen LogP contribution in [0, 0.1) is 0 Å². The number of likely N-dealkylation sites (N-methyl/N-ethyl adjacent to an activating group) is 1. The molecule has 2 amide bonds. The topological polar surface area (TPSA) is 125 Å². The van der Waals surface area contributed by atoms with E-state index in [2.05, 4.69) is 10.6 Å². The summed E-state index contributed by atoms with van der Waals surface area (Å²) in [6.07, 6.45) is 1.85. The first-order valence-corrected chi connectivity index (χ1v) is 9.37. The van der Waals surface area contributed by atoms with Crippen molar-refractivity contribution >= 4 is 35.5 Å². The highest BCUT2D eigenvalue weighted by atomic mass is 32.2. The third kappa shape index (κ3) is 3.56. The Hall–Kier alpha value is -2.07. The molecule has 0 aromatic carbocycles. The number of hydrogen-bond acceptors (Lipinski definition) is 7. The lowest BCUT2D eigenvalue weighted by Crippen LogP contribution is -2.84. The Morgan fingerprint density at radius 2 is 2.12 bits per heavy atom. The number of carbonyl (C=O) groups excluding carboxylic acids is 3. The Labute approximate surface area is 155 Å².